The molecule has 0 aliphatic heterocycles. The molecule has 0 saturated heterocycles. The molecule has 0 heterocycles. The molecule has 0 fully saturated rings. The average Bonchev–Trinajstić information content (AvgIpc) is 2.38. The van der Waals surface area contributed by atoms with E-state index in [2.05, 4.69) is 16.6 Å². The minimum atomic E-state index is -0.663. The number of amides is 1. The van der Waals surface area contributed by atoms with Crippen LogP contribution >= 0.6 is 0 Å². The Kier molecular flexibility index (Phi) is 5.64. The van der Waals surface area contributed by atoms with Gasteiger partial charge in [-0.25, -0.2) is 4.79 Å². The summed E-state index contributed by atoms with van der Waals surface area (Å²) in [6.07, 6.45) is 2.17. The molecule has 0 aromatic heterocycles. The molecule has 0 aliphatic rings. The van der Waals surface area contributed by atoms with Crippen LogP contribution < -0.4 is 5.32 Å². The van der Waals surface area contributed by atoms with E-state index in [-0.39, 0.29) is 12.3 Å². The van der Waals surface area contributed by atoms with Crippen molar-refractivity contribution < 1.29 is 14.3 Å². The van der Waals surface area contributed by atoms with Crippen LogP contribution in [0, 0.1) is 0 Å². The molecule has 0 saturated carbocycles. The van der Waals surface area contributed by atoms with E-state index in [1.807, 2.05) is 30.3 Å². The Balaban J connectivity index is 2.56. The molecule has 1 rings (SSSR count). The Hall–Kier alpha value is -2.10. The Morgan fingerprint density at radius 1 is 1.39 bits per heavy atom. The van der Waals surface area contributed by atoms with E-state index in [1.165, 1.54) is 7.11 Å². The molecule has 4 nitrogen and oxygen atoms in total. The third-order valence-electron chi connectivity index (χ3n) is 2.43. The van der Waals surface area contributed by atoms with E-state index in [1.54, 1.807) is 6.08 Å². The van der Waals surface area contributed by atoms with Gasteiger partial charge >= 0.3 is 5.97 Å². The zero-order chi connectivity index (χ0) is 13.4. The standard InChI is InChI=1S/C14H17NO3/c1-3-7-12(14(17)18-2)15-13(16)10-11-8-5-4-6-9-11/h3-6,8-9,12H,1,7,10H2,2H3,(H,15,16)/t12-/m1/s1. The van der Waals surface area contributed by atoms with Gasteiger partial charge in [-0.15, -0.1) is 6.58 Å². The van der Waals surface area contributed by atoms with E-state index in [9.17, 15) is 9.59 Å². The Morgan fingerprint density at radius 2 is 2.06 bits per heavy atom. The van der Waals surface area contributed by atoms with Gasteiger partial charge in [-0.2, -0.15) is 0 Å². The third-order valence-corrected chi connectivity index (χ3v) is 2.43. The molecule has 18 heavy (non-hydrogen) atoms. The molecule has 4 heteroatoms. The fraction of sp³-hybridized carbons (Fsp3) is 0.286. The fourth-order valence-corrected chi connectivity index (χ4v) is 1.55. The van der Waals surface area contributed by atoms with Crippen molar-refractivity contribution in [1.82, 2.24) is 5.32 Å². The lowest BCUT2D eigenvalue weighted by molar-refractivity contribution is -0.144. The summed E-state index contributed by atoms with van der Waals surface area (Å²) in [5.41, 5.74) is 0.900. The molecule has 96 valence electrons. The molecule has 0 unspecified atom stereocenters. The summed E-state index contributed by atoms with van der Waals surface area (Å²) in [7, 11) is 1.29. The molecule has 0 aliphatic carbocycles. The normalized spacial score (nSPS) is 11.4. The van der Waals surface area contributed by atoms with Crippen LogP contribution in [0.15, 0.2) is 43.0 Å². The Morgan fingerprint density at radius 3 is 2.61 bits per heavy atom. The summed E-state index contributed by atoms with van der Waals surface area (Å²) in [5, 5.41) is 2.63. The maximum Gasteiger partial charge on any atom is 0.328 e. The number of hydrogen-bond donors (Lipinski definition) is 1. The molecular formula is C14H17NO3. The van der Waals surface area contributed by atoms with Crippen molar-refractivity contribution in [3.63, 3.8) is 0 Å². The molecule has 0 radical (unpaired) electrons. The van der Waals surface area contributed by atoms with Gasteiger partial charge in [-0.3, -0.25) is 4.79 Å². The van der Waals surface area contributed by atoms with Crippen LogP contribution in [0.5, 0.6) is 0 Å². The molecule has 0 spiro atoms. The van der Waals surface area contributed by atoms with E-state index >= 15 is 0 Å². The second-order valence-corrected chi connectivity index (χ2v) is 3.83. The summed E-state index contributed by atoms with van der Waals surface area (Å²) in [4.78, 5) is 23.2. The number of ether oxygens (including phenoxy) is 1. The van der Waals surface area contributed by atoms with Gasteiger partial charge in [0.05, 0.1) is 13.5 Å². The molecule has 1 amide bonds. The summed E-state index contributed by atoms with van der Waals surface area (Å²) in [6.45, 7) is 3.55. The highest BCUT2D eigenvalue weighted by Gasteiger charge is 2.19. The molecular weight excluding hydrogens is 230 g/mol. The number of esters is 1. The summed E-state index contributed by atoms with van der Waals surface area (Å²) in [6, 6.07) is 8.68. The number of rotatable bonds is 6. The number of hydrogen-bond acceptors (Lipinski definition) is 3. The number of methoxy groups -OCH3 is 1. The van der Waals surface area contributed by atoms with Gasteiger partial charge in [0.25, 0.3) is 0 Å². The van der Waals surface area contributed by atoms with Crippen molar-refractivity contribution in [2.24, 2.45) is 0 Å². The van der Waals surface area contributed by atoms with Crippen molar-refractivity contribution in [2.45, 2.75) is 18.9 Å². The van der Waals surface area contributed by atoms with Crippen LogP contribution in [0.4, 0.5) is 0 Å². The lowest BCUT2D eigenvalue weighted by Gasteiger charge is -2.14. The van der Waals surface area contributed by atoms with E-state index in [0.717, 1.165) is 5.56 Å². The predicted octanol–water partition coefficient (Wildman–Crippen LogP) is 1.46. The largest absolute Gasteiger partial charge is 0.467 e. The van der Waals surface area contributed by atoms with Crippen LogP contribution in [0.3, 0.4) is 0 Å². The highest BCUT2D eigenvalue weighted by Crippen LogP contribution is 2.01. The first-order chi connectivity index (χ1) is 8.67. The number of benzene rings is 1. The minimum Gasteiger partial charge on any atom is -0.467 e. The van der Waals surface area contributed by atoms with Gasteiger partial charge < -0.3 is 10.1 Å². The molecule has 1 aromatic carbocycles. The van der Waals surface area contributed by atoms with Crippen LogP contribution in [0.2, 0.25) is 0 Å². The quantitative estimate of drug-likeness (QED) is 0.611. The van der Waals surface area contributed by atoms with Crippen molar-refractivity contribution in [3.8, 4) is 0 Å². The van der Waals surface area contributed by atoms with Gasteiger partial charge in [0.2, 0.25) is 5.91 Å². The first kappa shape index (κ1) is 14.0. The SMILES string of the molecule is C=CC[C@@H](NC(=O)Cc1ccccc1)C(=O)OC. The second-order valence-electron chi connectivity index (χ2n) is 3.83. The highest BCUT2D eigenvalue weighted by atomic mass is 16.5. The Bertz CT molecular complexity index is 414. The van der Waals surface area contributed by atoms with Gasteiger partial charge in [-0.05, 0) is 12.0 Å². The van der Waals surface area contributed by atoms with Crippen molar-refractivity contribution in [2.75, 3.05) is 7.11 Å². The predicted molar refractivity (Wildman–Crippen MR) is 68.9 cm³/mol. The lowest BCUT2D eigenvalue weighted by Crippen LogP contribution is -2.41. The van der Waals surface area contributed by atoms with Crippen molar-refractivity contribution in [3.05, 3.63) is 48.6 Å². The van der Waals surface area contributed by atoms with Gasteiger partial charge in [0.1, 0.15) is 6.04 Å². The number of nitrogens with one attached hydrogen (secondary N) is 1. The molecule has 1 aromatic rings. The van der Waals surface area contributed by atoms with Gasteiger partial charge in [0, 0.05) is 0 Å². The van der Waals surface area contributed by atoms with E-state index in [0.29, 0.717) is 6.42 Å². The number of carbonyl (C=O) groups excluding carboxylic acids is 2. The third kappa shape index (κ3) is 4.41. The average molecular weight is 247 g/mol. The van der Waals surface area contributed by atoms with Crippen molar-refractivity contribution >= 4 is 11.9 Å². The first-order valence-electron chi connectivity index (χ1n) is 5.69. The molecule has 0 bridgehead atoms. The van der Waals surface area contributed by atoms with Crippen LogP contribution in [-0.2, 0) is 20.7 Å². The van der Waals surface area contributed by atoms with Crippen LogP contribution in [-0.4, -0.2) is 25.0 Å². The summed E-state index contributed by atoms with van der Waals surface area (Å²) >= 11 is 0. The van der Waals surface area contributed by atoms with Crippen LogP contribution in [0.25, 0.3) is 0 Å². The smallest absolute Gasteiger partial charge is 0.328 e. The molecule has 1 atom stereocenters. The number of carbonyl (C=O) groups is 2. The lowest BCUT2D eigenvalue weighted by atomic mass is 10.1. The highest BCUT2D eigenvalue weighted by molar-refractivity contribution is 5.85. The van der Waals surface area contributed by atoms with Gasteiger partial charge in [0.15, 0.2) is 0 Å². The fourth-order valence-electron chi connectivity index (χ4n) is 1.55. The van der Waals surface area contributed by atoms with E-state index < -0.39 is 12.0 Å². The maximum atomic E-state index is 11.8. The Labute approximate surface area is 107 Å². The van der Waals surface area contributed by atoms with Gasteiger partial charge in [-0.1, -0.05) is 36.4 Å². The van der Waals surface area contributed by atoms with Crippen LogP contribution in [0.1, 0.15) is 12.0 Å². The van der Waals surface area contributed by atoms with E-state index in [4.69, 9.17) is 0 Å². The topological polar surface area (TPSA) is 55.4 Å². The van der Waals surface area contributed by atoms with Crippen molar-refractivity contribution in [1.29, 1.82) is 0 Å². The zero-order valence-corrected chi connectivity index (χ0v) is 10.4. The maximum absolute atomic E-state index is 11.8. The monoisotopic (exact) mass is 247 g/mol. The zero-order valence-electron chi connectivity index (χ0n) is 10.4. The second kappa shape index (κ2) is 7.27. The molecule has 1 N–H and O–H groups in total. The summed E-state index contributed by atoms with van der Waals surface area (Å²) < 4.78 is 4.61. The summed E-state index contributed by atoms with van der Waals surface area (Å²) in [5.74, 6) is -0.672. The first-order valence-corrected chi connectivity index (χ1v) is 5.69. The minimum absolute atomic E-state index is 0.210.